The Morgan fingerprint density at radius 1 is 1.07 bits per heavy atom. The second-order valence-corrected chi connectivity index (χ2v) is 11.4. The molecule has 4 aliphatic carbocycles. The second-order valence-electron chi connectivity index (χ2n) is 11.4. The van der Waals surface area contributed by atoms with Gasteiger partial charge in [-0.15, -0.1) is 0 Å². The van der Waals surface area contributed by atoms with E-state index in [1.54, 1.807) is 0 Å². The van der Waals surface area contributed by atoms with Crippen LogP contribution in [0.25, 0.3) is 0 Å². The van der Waals surface area contributed by atoms with Crippen molar-refractivity contribution in [3.8, 4) is 0 Å². The number of esters is 1. The predicted octanol–water partition coefficient (Wildman–Crippen LogP) is 5.95. The zero-order chi connectivity index (χ0) is 20.1. The monoisotopic (exact) mass is 388 g/mol. The molecule has 0 spiro atoms. The van der Waals surface area contributed by atoms with Crippen molar-refractivity contribution in [2.75, 3.05) is 0 Å². The van der Waals surface area contributed by atoms with E-state index < -0.39 is 0 Å². The van der Waals surface area contributed by atoms with Crippen LogP contribution in [0.2, 0.25) is 0 Å². The Kier molecular flexibility index (Phi) is 5.42. The van der Waals surface area contributed by atoms with Crippen molar-refractivity contribution in [2.45, 2.75) is 104 Å². The Morgan fingerprint density at radius 3 is 2.61 bits per heavy atom. The summed E-state index contributed by atoms with van der Waals surface area (Å²) in [7, 11) is 0. The van der Waals surface area contributed by atoms with Crippen LogP contribution in [-0.4, -0.2) is 17.9 Å². The average molecular weight is 389 g/mol. The summed E-state index contributed by atoms with van der Waals surface area (Å²) in [5.41, 5.74) is 0.365. The molecule has 0 aromatic rings. The Bertz CT molecular complexity index is 625. The number of Topliss-reactive ketones (excluding diaryl/α,β-unsaturated/α-hetero) is 1. The zero-order valence-electron chi connectivity index (χ0n) is 18.5. The highest BCUT2D eigenvalue weighted by molar-refractivity contribution is 5.87. The molecule has 158 valence electrons. The maximum atomic E-state index is 12.6. The van der Waals surface area contributed by atoms with Crippen molar-refractivity contribution in [1.29, 1.82) is 0 Å². The third-order valence-corrected chi connectivity index (χ3v) is 9.55. The molecular weight excluding hydrogens is 348 g/mol. The highest BCUT2D eigenvalue weighted by Gasteiger charge is 2.60. The molecule has 0 amide bonds. The van der Waals surface area contributed by atoms with Gasteiger partial charge in [-0.05, 0) is 92.8 Å². The lowest BCUT2D eigenvalue weighted by Gasteiger charge is -2.60. The first-order valence-corrected chi connectivity index (χ1v) is 12.0. The number of fused-ring (bicyclic) bond motifs is 5. The summed E-state index contributed by atoms with van der Waals surface area (Å²) in [5.74, 6) is 3.94. The highest BCUT2D eigenvalue weighted by Crippen LogP contribution is 2.65. The van der Waals surface area contributed by atoms with Crippen LogP contribution in [0.5, 0.6) is 0 Å². The van der Waals surface area contributed by atoms with Crippen LogP contribution in [0.3, 0.4) is 0 Å². The van der Waals surface area contributed by atoms with Gasteiger partial charge >= 0.3 is 5.97 Å². The fourth-order valence-electron chi connectivity index (χ4n) is 7.75. The van der Waals surface area contributed by atoms with Crippen LogP contribution in [0, 0.1) is 40.4 Å². The van der Waals surface area contributed by atoms with Crippen LogP contribution in [0.1, 0.15) is 98.3 Å². The Morgan fingerprint density at radius 2 is 1.86 bits per heavy atom. The van der Waals surface area contributed by atoms with Gasteiger partial charge < -0.3 is 4.74 Å². The van der Waals surface area contributed by atoms with E-state index in [0.29, 0.717) is 35.4 Å². The minimum atomic E-state index is -0.0203. The maximum Gasteiger partial charge on any atom is 0.306 e. The minimum Gasteiger partial charge on any atom is -0.462 e. The van der Waals surface area contributed by atoms with E-state index in [-0.39, 0.29) is 17.5 Å². The highest BCUT2D eigenvalue weighted by atomic mass is 16.5. The van der Waals surface area contributed by atoms with Crippen LogP contribution in [0.4, 0.5) is 0 Å². The van der Waals surface area contributed by atoms with E-state index in [1.165, 1.54) is 25.7 Å². The summed E-state index contributed by atoms with van der Waals surface area (Å²) in [4.78, 5) is 24.8. The van der Waals surface area contributed by atoms with E-state index >= 15 is 0 Å². The molecule has 0 unspecified atom stereocenters. The van der Waals surface area contributed by atoms with Gasteiger partial charge in [0.2, 0.25) is 0 Å². The summed E-state index contributed by atoms with van der Waals surface area (Å²) < 4.78 is 5.89. The smallest absolute Gasteiger partial charge is 0.306 e. The van der Waals surface area contributed by atoms with Crippen molar-refractivity contribution in [3.63, 3.8) is 0 Å². The van der Waals surface area contributed by atoms with Gasteiger partial charge in [0.05, 0.1) is 0 Å². The van der Waals surface area contributed by atoms with E-state index in [4.69, 9.17) is 4.74 Å². The standard InChI is InChI=1S/C25H40O3/c1-16(2)5-10-23(27)28-18-11-13-24(3)17(15-18)6-7-19-20-8-9-22(26)25(20,4)14-12-21(19)24/h16-21H,5-15H2,1-4H3/t17-,18-,19-,20-,21+,24-,25-/m0/s1. The molecule has 0 aromatic carbocycles. The largest absolute Gasteiger partial charge is 0.462 e. The molecule has 0 aromatic heterocycles. The minimum absolute atomic E-state index is 0.00823. The molecule has 4 aliphatic rings. The zero-order valence-corrected chi connectivity index (χ0v) is 18.5. The first-order chi connectivity index (χ1) is 13.2. The second kappa shape index (κ2) is 7.43. The molecule has 0 aliphatic heterocycles. The topological polar surface area (TPSA) is 43.4 Å². The van der Waals surface area contributed by atoms with Crippen LogP contribution in [0.15, 0.2) is 0 Å². The predicted molar refractivity (Wildman–Crippen MR) is 111 cm³/mol. The Balaban J connectivity index is 1.41. The lowest BCUT2D eigenvalue weighted by atomic mass is 9.45. The van der Waals surface area contributed by atoms with Crippen molar-refractivity contribution in [3.05, 3.63) is 0 Å². The van der Waals surface area contributed by atoms with Crippen molar-refractivity contribution in [2.24, 2.45) is 40.4 Å². The summed E-state index contributed by atoms with van der Waals surface area (Å²) in [6.45, 7) is 9.12. The fraction of sp³-hybridized carbons (Fsp3) is 0.920. The number of hydrogen-bond acceptors (Lipinski definition) is 3. The first kappa shape index (κ1) is 20.4. The molecule has 4 fully saturated rings. The molecule has 0 radical (unpaired) electrons. The van der Waals surface area contributed by atoms with Crippen LogP contribution in [-0.2, 0) is 14.3 Å². The van der Waals surface area contributed by atoms with Gasteiger partial charge in [-0.3, -0.25) is 9.59 Å². The lowest BCUT2D eigenvalue weighted by molar-refractivity contribution is -0.162. The van der Waals surface area contributed by atoms with Gasteiger partial charge in [0, 0.05) is 18.3 Å². The normalized spacial score (nSPS) is 45.3. The number of carbonyl (C=O) groups excluding carboxylic acids is 2. The van der Waals surface area contributed by atoms with Crippen LogP contribution < -0.4 is 0 Å². The number of ether oxygens (including phenoxy) is 1. The summed E-state index contributed by atoms with van der Waals surface area (Å²) in [5, 5.41) is 0. The molecule has 0 heterocycles. The van der Waals surface area contributed by atoms with Gasteiger partial charge in [0.15, 0.2) is 0 Å². The van der Waals surface area contributed by atoms with Gasteiger partial charge in [0.25, 0.3) is 0 Å². The molecule has 7 atom stereocenters. The molecule has 0 bridgehead atoms. The molecule has 4 rings (SSSR count). The van der Waals surface area contributed by atoms with Gasteiger partial charge in [-0.2, -0.15) is 0 Å². The molecular formula is C25H40O3. The van der Waals surface area contributed by atoms with Gasteiger partial charge in [-0.25, -0.2) is 0 Å². The first-order valence-electron chi connectivity index (χ1n) is 12.0. The van der Waals surface area contributed by atoms with E-state index in [9.17, 15) is 9.59 Å². The van der Waals surface area contributed by atoms with E-state index in [2.05, 4.69) is 27.7 Å². The van der Waals surface area contributed by atoms with Gasteiger partial charge in [0.1, 0.15) is 11.9 Å². The van der Waals surface area contributed by atoms with Crippen LogP contribution >= 0.6 is 0 Å². The number of ketones is 1. The third kappa shape index (κ3) is 3.35. The van der Waals surface area contributed by atoms with Gasteiger partial charge in [-0.1, -0.05) is 27.7 Å². The Hall–Kier alpha value is -0.860. The average Bonchev–Trinajstić information content (AvgIpc) is 2.95. The van der Waals surface area contributed by atoms with Crippen molar-refractivity contribution in [1.82, 2.24) is 0 Å². The third-order valence-electron chi connectivity index (χ3n) is 9.55. The fourth-order valence-corrected chi connectivity index (χ4v) is 7.75. The Labute approximate surface area is 171 Å². The molecule has 0 N–H and O–H groups in total. The molecule has 0 saturated heterocycles. The molecule has 3 heteroatoms. The van der Waals surface area contributed by atoms with E-state index in [1.807, 2.05) is 0 Å². The quantitative estimate of drug-likeness (QED) is 0.559. The molecule has 3 nitrogen and oxygen atoms in total. The lowest BCUT2D eigenvalue weighted by Crippen LogP contribution is -2.54. The number of carbonyl (C=O) groups is 2. The SMILES string of the molecule is CC(C)CCC(=O)O[C@H]1CC[C@@]2(C)[C@@H](CC[C@@H]3[C@H]2CC[C@]2(C)C(=O)CC[C@@H]32)C1. The van der Waals surface area contributed by atoms with Crippen molar-refractivity contribution < 1.29 is 14.3 Å². The van der Waals surface area contributed by atoms with E-state index in [0.717, 1.165) is 50.4 Å². The summed E-state index contributed by atoms with van der Waals surface area (Å²) in [6, 6.07) is 0. The molecule has 28 heavy (non-hydrogen) atoms. The number of rotatable bonds is 4. The number of hydrogen-bond donors (Lipinski definition) is 0. The summed E-state index contributed by atoms with van der Waals surface area (Å²) in [6.07, 6.45) is 11.7. The van der Waals surface area contributed by atoms with Crippen molar-refractivity contribution >= 4 is 11.8 Å². The summed E-state index contributed by atoms with van der Waals surface area (Å²) >= 11 is 0. The maximum absolute atomic E-state index is 12.6. The molecule has 4 saturated carbocycles.